The molecule has 2 aromatic rings. The fourth-order valence-electron chi connectivity index (χ4n) is 2.71. The zero-order chi connectivity index (χ0) is 21.3. The zero-order valence-electron chi connectivity index (χ0n) is 17.3. The highest BCUT2D eigenvalue weighted by atomic mass is 32.2. The second kappa shape index (κ2) is 10.9. The molecule has 2 aromatic carbocycles. The van der Waals surface area contributed by atoms with Crippen molar-refractivity contribution >= 4 is 21.6 Å². The Kier molecular flexibility index (Phi) is 8.54. The fourth-order valence-corrected chi connectivity index (χ4v) is 4.10. The molecule has 6 nitrogen and oxygen atoms in total. The first-order valence-corrected chi connectivity index (χ1v) is 11.2. The van der Waals surface area contributed by atoms with Gasteiger partial charge in [0.2, 0.25) is 10.0 Å². The number of nitrogens with one attached hydrogen (secondary N) is 1. The van der Waals surface area contributed by atoms with Gasteiger partial charge in [0, 0.05) is 12.3 Å². The topological polar surface area (TPSA) is 78.8 Å². The van der Waals surface area contributed by atoms with E-state index in [0.717, 1.165) is 36.1 Å². The van der Waals surface area contributed by atoms with E-state index in [9.17, 15) is 13.2 Å². The van der Waals surface area contributed by atoms with Gasteiger partial charge in [-0.1, -0.05) is 61.4 Å². The van der Waals surface area contributed by atoms with Crippen molar-refractivity contribution in [3.8, 4) is 0 Å². The zero-order valence-corrected chi connectivity index (χ0v) is 18.1. The van der Waals surface area contributed by atoms with Crippen LogP contribution in [0.25, 0.3) is 0 Å². The van der Waals surface area contributed by atoms with Crippen LogP contribution in [0.5, 0.6) is 0 Å². The van der Waals surface area contributed by atoms with Gasteiger partial charge in [-0.15, -0.1) is 0 Å². The summed E-state index contributed by atoms with van der Waals surface area (Å²) in [5, 5.41) is 4.08. The molecule has 0 heterocycles. The van der Waals surface area contributed by atoms with Crippen molar-refractivity contribution in [1.29, 1.82) is 0 Å². The van der Waals surface area contributed by atoms with E-state index in [1.807, 2.05) is 44.2 Å². The number of carbonyl (C=O) groups is 1. The van der Waals surface area contributed by atoms with Gasteiger partial charge >= 0.3 is 0 Å². The van der Waals surface area contributed by atoms with Crippen molar-refractivity contribution < 1.29 is 13.2 Å². The molecule has 7 heteroatoms. The van der Waals surface area contributed by atoms with Gasteiger partial charge in [0.15, 0.2) is 0 Å². The summed E-state index contributed by atoms with van der Waals surface area (Å²) in [6.07, 6.45) is 2.83. The van der Waals surface area contributed by atoms with Crippen LogP contribution in [-0.4, -0.2) is 30.9 Å². The van der Waals surface area contributed by atoms with Crippen molar-refractivity contribution in [1.82, 2.24) is 9.73 Å². The average molecular weight is 416 g/mol. The number of nitrogens with zero attached hydrogens (tertiary/aromatic N) is 2. The highest BCUT2D eigenvalue weighted by Crippen LogP contribution is 2.19. The third-order valence-electron chi connectivity index (χ3n) is 4.44. The highest BCUT2D eigenvalue weighted by Gasteiger charge is 2.26. The lowest BCUT2D eigenvalue weighted by Crippen LogP contribution is -2.39. The highest BCUT2D eigenvalue weighted by molar-refractivity contribution is 7.89. The molecule has 1 N–H and O–H groups in total. The number of hydrogen-bond donors (Lipinski definition) is 1. The monoisotopic (exact) mass is 415 g/mol. The van der Waals surface area contributed by atoms with E-state index < -0.39 is 15.9 Å². The van der Waals surface area contributed by atoms with Crippen LogP contribution in [0.1, 0.15) is 44.2 Å². The molecule has 0 aliphatic rings. The Morgan fingerprint density at radius 1 is 1.07 bits per heavy atom. The maximum Gasteiger partial charge on any atom is 0.255 e. The summed E-state index contributed by atoms with van der Waals surface area (Å²) in [4.78, 5) is 12.6. The second-order valence-electron chi connectivity index (χ2n) is 7.06. The van der Waals surface area contributed by atoms with E-state index >= 15 is 0 Å². The molecule has 0 unspecified atom stereocenters. The van der Waals surface area contributed by atoms with Gasteiger partial charge in [-0.05, 0) is 44.4 Å². The summed E-state index contributed by atoms with van der Waals surface area (Å²) in [6, 6.07) is 15.8. The maximum atomic E-state index is 13.2. The van der Waals surface area contributed by atoms with Gasteiger partial charge in [-0.3, -0.25) is 4.79 Å². The summed E-state index contributed by atoms with van der Waals surface area (Å²) in [6.45, 7) is 5.62. The van der Waals surface area contributed by atoms with Gasteiger partial charge in [0.05, 0.1) is 11.4 Å². The Morgan fingerprint density at radius 2 is 1.72 bits per heavy atom. The number of hydrogen-bond acceptors (Lipinski definition) is 4. The van der Waals surface area contributed by atoms with Gasteiger partial charge in [0.25, 0.3) is 5.91 Å². The summed E-state index contributed by atoms with van der Waals surface area (Å²) in [7, 11) is -3.84. The first-order chi connectivity index (χ1) is 13.8. The predicted molar refractivity (Wildman–Crippen MR) is 116 cm³/mol. The normalized spacial score (nSPS) is 12.2. The molecule has 0 saturated heterocycles. The van der Waals surface area contributed by atoms with Gasteiger partial charge in [-0.25, -0.2) is 13.8 Å². The van der Waals surface area contributed by atoms with E-state index in [2.05, 4.69) is 17.5 Å². The third kappa shape index (κ3) is 7.11. The number of carbonyl (C=O) groups excluding carboxylic acids is 1. The molecule has 1 amide bonds. The van der Waals surface area contributed by atoms with E-state index in [-0.39, 0.29) is 18.0 Å². The van der Waals surface area contributed by atoms with Crippen molar-refractivity contribution in [2.24, 2.45) is 5.10 Å². The standard InChI is InChI=1S/C22H29N3O3S/c1-4-5-9-19(3)23-24-22(26)17-25(16-20-10-7-6-8-11-20)29(27,28)21-14-12-18(2)13-15-21/h6-8,10-15H,4-5,9,16-17H2,1-3H3,(H,24,26)/b23-19-. The summed E-state index contributed by atoms with van der Waals surface area (Å²) < 4.78 is 27.5. The van der Waals surface area contributed by atoms with Crippen LogP contribution < -0.4 is 5.43 Å². The predicted octanol–water partition coefficient (Wildman–Crippen LogP) is 3.87. The Morgan fingerprint density at radius 3 is 2.34 bits per heavy atom. The SMILES string of the molecule is CCCC/C(C)=N\NC(=O)CN(Cc1ccccc1)S(=O)(=O)c1ccc(C)cc1. The van der Waals surface area contributed by atoms with Crippen molar-refractivity contribution in [2.45, 2.75) is 51.5 Å². The first-order valence-electron chi connectivity index (χ1n) is 9.75. The van der Waals surface area contributed by atoms with Crippen molar-refractivity contribution in [2.75, 3.05) is 6.54 Å². The molecule has 156 valence electrons. The largest absolute Gasteiger partial charge is 0.272 e. The van der Waals surface area contributed by atoms with Crippen LogP contribution in [0.15, 0.2) is 64.6 Å². The number of unbranched alkanes of at least 4 members (excludes halogenated alkanes) is 1. The van der Waals surface area contributed by atoms with Crippen LogP contribution in [0, 0.1) is 6.92 Å². The van der Waals surface area contributed by atoms with E-state index in [1.165, 1.54) is 4.31 Å². The van der Waals surface area contributed by atoms with Gasteiger partial charge in [-0.2, -0.15) is 9.41 Å². The number of rotatable bonds is 10. The molecule has 0 atom stereocenters. The van der Waals surface area contributed by atoms with Crippen molar-refractivity contribution in [3.05, 3.63) is 65.7 Å². The maximum absolute atomic E-state index is 13.2. The quantitative estimate of drug-likeness (QED) is 0.473. The Labute approximate surface area is 173 Å². The van der Waals surface area contributed by atoms with E-state index in [0.29, 0.717) is 0 Å². The first kappa shape index (κ1) is 22.8. The van der Waals surface area contributed by atoms with E-state index in [1.54, 1.807) is 24.3 Å². The Bertz CT molecular complexity index is 924. The average Bonchev–Trinajstić information content (AvgIpc) is 2.71. The van der Waals surface area contributed by atoms with Crippen molar-refractivity contribution in [3.63, 3.8) is 0 Å². The number of sulfonamides is 1. The molecule has 29 heavy (non-hydrogen) atoms. The van der Waals surface area contributed by atoms with Crippen LogP contribution >= 0.6 is 0 Å². The third-order valence-corrected chi connectivity index (χ3v) is 6.25. The minimum absolute atomic E-state index is 0.100. The molecule has 0 bridgehead atoms. The molecule has 0 aliphatic heterocycles. The smallest absolute Gasteiger partial charge is 0.255 e. The lowest BCUT2D eigenvalue weighted by molar-refractivity contribution is -0.121. The molecule has 0 saturated carbocycles. The van der Waals surface area contributed by atoms with Crippen LogP contribution in [-0.2, 0) is 21.4 Å². The molecular weight excluding hydrogens is 386 g/mol. The van der Waals surface area contributed by atoms with Gasteiger partial charge in [0.1, 0.15) is 0 Å². The number of hydrazone groups is 1. The summed E-state index contributed by atoms with van der Waals surface area (Å²) in [5.74, 6) is -0.465. The van der Waals surface area contributed by atoms with Gasteiger partial charge < -0.3 is 0 Å². The van der Waals surface area contributed by atoms with E-state index in [4.69, 9.17) is 0 Å². The minimum Gasteiger partial charge on any atom is -0.272 e. The molecule has 2 rings (SSSR count). The molecule has 0 spiro atoms. The number of amides is 1. The lowest BCUT2D eigenvalue weighted by atomic mass is 10.2. The Hall–Kier alpha value is -2.51. The fraction of sp³-hybridized carbons (Fsp3) is 0.364. The number of aryl methyl sites for hydroxylation is 1. The lowest BCUT2D eigenvalue weighted by Gasteiger charge is -2.21. The Balaban J connectivity index is 2.21. The summed E-state index contributed by atoms with van der Waals surface area (Å²) >= 11 is 0. The molecule has 0 radical (unpaired) electrons. The molecule has 0 aromatic heterocycles. The molecule has 0 fully saturated rings. The van der Waals surface area contributed by atoms with Crippen LogP contribution in [0.4, 0.5) is 0 Å². The number of benzene rings is 2. The summed E-state index contributed by atoms with van der Waals surface area (Å²) in [5.41, 5.74) is 5.07. The van der Waals surface area contributed by atoms with Crippen LogP contribution in [0.2, 0.25) is 0 Å². The second-order valence-corrected chi connectivity index (χ2v) is 9.00. The minimum atomic E-state index is -3.84. The van der Waals surface area contributed by atoms with Crippen LogP contribution in [0.3, 0.4) is 0 Å². The molecular formula is C22H29N3O3S. The molecule has 0 aliphatic carbocycles.